The van der Waals surface area contributed by atoms with Crippen LogP contribution in [0.2, 0.25) is 0 Å². The Morgan fingerprint density at radius 3 is 2.50 bits per heavy atom. The smallest absolute Gasteiger partial charge is 0.387 e. The van der Waals surface area contributed by atoms with Crippen LogP contribution in [-0.4, -0.2) is 44.2 Å². The number of rotatable bonds is 10. The van der Waals surface area contributed by atoms with E-state index < -0.39 is 12.6 Å². The number of methoxy groups -OCH3 is 2. The number of carbonyl (C=O) groups is 2. The number of amides is 1. The minimum absolute atomic E-state index is 0.0655. The highest BCUT2D eigenvalue weighted by atomic mass is 19.3. The minimum atomic E-state index is -2.97. The number of aromatic amines is 1. The zero-order valence-corrected chi connectivity index (χ0v) is 17.4. The van der Waals surface area contributed by atoms with Crippen LogP contribution in [0.1, 0.15) is 51.0 Å². The zero-order valence-electron chi connectivity index (χ0n) is 17.4. The second kappa shape index (κ2) is 10.6. The lowest BCUT2D eigenvalue weighted by Crippen LogP contribution is -2.27. The van der Waals surface area contributed by atoms with Gasteiger partial charge in [-0.2, -0.15) is 8.78 Å². The molecule has 0 atom stereocenters. The molecule has 2 N–H and O–H groups in total. The fraction of sp³-hybridized carbons (Fsp3) is 0.429. The molecule has 9 heteroatoms. The molecule has 0 bridgehead atoms. The average molecular weight is 424 g/mol. The van der Waals surface area contributed by atoms with Crippen molar-refractivity contribution in [2.75, 3.05) is 20.8 Å². The van der Waals surface area contributed by atoms with Gasteiger partial charge in [-0.25, -0.2) is 4.79 Å². The van der Waals surface area contributed by atoms with Gasteiger partial charge in [-0.3, -0.25) is 4.79 Å². The second-order valence-corrected chi connectivity index (χ2v) is 6.59. The first-order valence-electron chi connectivity index (χ1n) is 9.52. The summed E-state index contributed by atoms with van der Waals surface area (Å²) in [4.78, 5) is 27.7. The SMILES string of the molecule is CCCc1c(C(=O)NCCc2ccc(OC)c(OC(F)F)c2)[nH]c(C)c1C(=O)OC. The van der Waals surface area contributed by atoms with Crippen molar-refractivity contribution in [3.05, 3.63) is 46.3 Å². The second-order valence-electron chi connectivity index (χ2n) is 6.59. The molecule has 0 saturated heterocycles. The summed E-state index contributed by atoms with van der Waals surface area (Å²) in [5, 5.41) is 2.79. The van der Waals surface area contributed by atoms with E-state index in [1.54, 1.807) is 13.0 Å². The molecule has 1 amide bonds. The van der Waals surface area contributed by atoms with Gasteiger partial charge in [-0.05, 0) is 43.0 Å². The summed E-state index contributed by atoms with van der Waals surface area (Å²) in [5.74, 6) is -0.709. The van der Waals surface area contributed by atoms with Crippen LogP contribution >= 0.6 is 0 Å². The number of ether oxygens (including phenoxy) is 3. The van der Waals surface area contributed by atoms with Crippen molar-refractivity contribution in [1.29, 1.82) is 0 Å². The molecule has 164 valence electrons. The third-order valence-electron chi connectivity index (χ3n) is 4.55. The normalized spacial score (nSPS) is 10.8. The number of carbonyl (C=O) groups excluding carboxylic acids is 2. The number of aromatic nitrogens is 1. The molecule has 0 aliphatic heterocycles. The first kappa shape index (κ1) is 23.2. The van der Waals surface area contributed by atoms with Gasteiger partial charge in [0.25, 0.3) is 5.91 Å². The summed E-state index contributed by atoms with van der Waals surface area (Å²) >= 11 is 0. The Balaban J connectivity index is 2.10. The van der Waals surface area contributed by atoms with Crippen molar-refractivity contribution < 1.29 is 32.6 Å². The van der Waals surface area contributed by atoms with Gasteiger partial charge in [0.15, 0.2) is 11.5 Å². The Kier molecular flexibility index (Phi) is 8.20. The molecule has 2 rings (SSSR count). The van der Waals surface area contributed by atoms with Crippen LogP contribution in [0.5, 0.6) is 11.5 Å². The monoisotopic (exact) mass is 424 g/mol. The quantitative estimate of drug-likeness (QED) is 0.569. The third-order valence-corrected chi connectivity index (χ3v) is 4.55. The largest absolute Gasteiger partial charge is 0.493 e. The number of halogens is 2. The molecule has 0 spiro atoms. The number of benzene rings is 1. The first-order valence-corrected chi connectivity index (χ1v) is 9.52. The number of aryl methyl sites for hydroxylation is 1. The van der Waals surface area contributed by atoms with Gasteiger partial charge in [0, 0.05) is 12.2 Å². The molecule has 0 aliphatic rings. The van der Waals surface area contributed by atoms with Gasteiger partial charge in [0.05, 0.1) is 19.8 Å². The van der Waals surface area contributed by atoms with E-state index in [9.17, 15) is 18.4 Å². The maximum atomic E-state index is 12.7. The molecule has 0 fully saturated rings. The molecular weight excluding hydrogens is 398 g/mol. The Bertz CT molecular complexity index is 896. The molecule has 7 nitrogen and oxygen atoms in total. The van der Waals surface area contributed by atoms with Crippen LogP contribution in [-0.2, 0) is 17.6 Å². The van der Waals surface area contributed by atoms with E-state index in [0.717, 1.165) is 6.42 Å². The molecule has 0 aliphatic carbocycles. The van der Waals surface area contributed by atoms with Gasteiger partial charge < -0.3 is 24.5 Å². The van der Waals surface area contributed by atoms with Crippen LogP contribution < -0.4 is 14.8 Å². The Labute approximate surface area is 173 Å². The molecule has 30 heavy (non-hydrogen) atoms. The summed E-state index contributed by atoms with van der Waals surface area (Å²) in [6, 6.07) is 4.69. The number of hydrogen-bond acceptors (Lipinski definition) is 5. The molecule has 1 heterocycles. The van der Waals surface area contributed by atoms with E-state index >= 15 is 0 Å². The molecule has 0 unspecified atom stereocenters. The van der Waals surface area contributed by atoms with E-state index in [-0.39, 0.29) is 24.0 Å². The molecule has 2 aromatic rings. The Morgan fingerprint density at radius 1 is 1.17 bits per heavy atom. The standard InChI is InChI=1S/C21H26F2N2O5/c1-5-6-14-17(20(27)29-4)12(2)25-18(14)19(26)24-10-9-13-7-8-15(28-3)16(11-13)30-21(22)23/h7-8,11,21,25H,5-6,9-10H2,1-4H3,(H,24,26). The molecular formula is C21H26F2N2O5. The van der Waals surface area contributed by atoms with Gasteiger partial charge in [0.1, 0.15) is 5.69 Å². The van der Waals surface area contributed by atoms with Crippen LogP contribution in [0.25, 0.3) is 0 Å². The lowest BCUT2D eigenvalue weighted by molar-refractivity contribution is -0.0512. The lowest BCUT2D eigenvalue weighted by atomic mass is 10.0. The number of H-pyrrole nitrogens is 1. The minimum Gasteiger partial charge on any atom is -0.493 e. The highest BCUT2D eigenvalue weighted by Crippen LogP contribution is 2.29. The summed E-state index contributed by atoms with van der Waals surface area (Å²) < 4.78 is 39.4. The predicted octanol–water partition coefficient (Wildman–Crippen LogP) is 3.64. The lowest BCUT2D eigenvalue weighted by Gasteiger charge is -2.12. The van der Waals surface area contributed by atoms with Crippen molar-refractivity contribution in [2.24, 2.45) is 0 Å². The third kappa shape index (κ3) is 5.49. The van der Waals surface area contributed by atoms with Crippen molar-refractivity contribution in [2.45, 2.75) is 39.7 Å². The molecule has 0 radical (unpaired) electrons. The number of hydrogen-bond donors (Lipinski definition) is 2. The van der Waals surface area contributed by atoms with Crippen molar-refractivity contribution in [1.82, 2.24) is 10.3 Å². The number of nitrogens with one attached hydrogen (secondary N) is 2. The maximum Gasteiger partial charge on any atom is 0.387 e. The summed E-state index contributed by atoms with van der Waals surface area (Å²) in [7, 11) is 2.66. The molecule has 1 aromatic heterocycles. The van der Waals surface area contributed by atoms with E-state index in [1.165, 1.54) is 26.4 Å². The first-order chi connectivity index (χ1) is 14.3. The summed E-state index contributed by atoms with van der Waals surface area (Å²) in [6.07, 6.45) is 1.69. The highest BCUT2D eigenvalue weighted by Gasteiger charge is 2.24. The van der Waals surface area contributed by atoms with Crippen LogP contribution in [0, 0.1) is 6.92 Å². The van der Waals surface area contributed by atoms with Gasteiger partial charge >= 0.3 is 12.6 Å². The van der Waals surface area contributed by atoms with Crippen molar-refractivity contribution >= 4 is 11.9 Å². The summed E-state index contributed by atoms with van der Waals surface area (Å²) in [6.45, 7) is 0.958. The topological polar surface area (TPSA) is 89.7 Å². The summed E-state index contributed by atoms with van der Waals surface area (Å²) in [5.41, 5.74) is 2.59. The fourth-order valence-electron chi connectivity index (χ4n) is 3.22. The molecule has 1 aromatic carbocycles. The van der Waals surface area contributed by atoms with E-state index in [2.05, 4.69) is 15.0 Å². The van der Waals surface area contributed by atoms with Crippen molar-refractivity contribution in [3.63, 3.8) is 0 Å². The van der Waals surface area contributed by atoms with Crippen molar-refractivity contribution in [3.8, 4) is 11.5 Å². The maximum absolute atomic E-state index is 12.7. The van der Waals surface area contributed by atoms with Gasteiger partial charge in [-0.15, -0.1) is 0 Å². The zero-order chi connectivity index (χ0) is 22.3. The average Bonchev–Trinajstić information content (AvgIpc) is 3.03. The predicted molar refractivity (Wildman–Crippen MR) is 107 cm³/mol. The van der Waals surface area contributed by atoms with Crippen LogP contribution in [0.4, 0.5) is 8.78 Å². The van der Waals surface area contributed by atoms with Crippen LogP contribution in [0.15, 0.2) is 18.2 Å². The van der Waals surface area contributed by atoms with Gasteiger partial charge in [0.2, 0.25) is 0 Å². The number of esters is 1. The van der Waals surface area contributed by atoms with E-state index in [1.807, 2.05) is 6.92 Å². The fourth-order valence-corrected chi connectivity index (χ4v) is 3.22. The van der Waals surface area contributed by atoms with Crippen LogP contribution in [0.3, 0.4) is 0 Å². The Hall–Kier alpha value is -3.10. The van der Waals surface area contributed by atoms with E-state index in [4.69, 9.17) is 9.47 Å². The van der Waals surface area contributed by atoms with Gasteiger partial charge in [-0.1, -0.05) is 19.4 Å². The molecule has 0 saturated carbocycles. The Morgan fingerprint density at radius 2 is 1.90 bits per heavy atom. The number of alkyl halides is 2. The highest BCUT2D eigenvalue weighted by molar-refractivity contribution is 6.00. The van der Waals surface area contributed by atoms with E-state index in [0.29, 0.717) is 40.9 Å².